The second kappa shape index (κ2) is 7.99. The molecule has 26 heavy (non-hydrogen) atoms. The average Bonchev–Trinajstić information content (AvgIpc) is 2.61. The van der Waals surface area contributed by atoms with Crippen LogP contribution in [0, 0.1) is 20.2 Å². The monoisotopic (exact) mass is 381 g/mol. The smallest absolute Gasteiger partial charge is 0.289 e. The number of nitrogens with one attached hydrogen (secondary N) is 1. The first kappa shape index (κ1) is 19.4. The third kappa shape index (κ3) is 4.59. The molecule has 11 heteroatoms. The first-order valence-electron chi connectivity index (χ1n) is 7.34. The number of para-hydroxylation sites is 1. The summed E-state index contributed by atoms with van der Waals surface area (Å²) in [5.74, 6) is 0. The Balaban J connectivity index is 2.21. The summed E-state index contributed by atoms with van der Waals surface area (Å²) in [5, 5.41) is 31.1. The summed E-state index contributed by atoms with van der Waals surface area (Å²) in [6.07, 6.45) is 0.0500. The van der Waals surface area contributed by atoms with E-state index in [1.54, 1.807) is 0 Å². The van der Waals surface area contributed by atoms with Crippen molar-refractivity contribution in [1.29, 1.82) is 0 Å². The van der Waals surface area contributed by atoms with Gasteiger partial charge in [0.2, 0.25) is 10.0 Å². The predicted molar refractivity (Wildman–Crippen MR) is 91.1 cm³/mol. The Morgan fingerprint density at radius 2 is 1.62 bits per heavy atom. The Labute approximate surface area is 148 Å². The molecule has 0 bridgehead atoms. The van der Waals surface area contributed by atoms with Crippen molar-refractivity contribution in [2.24, 2.45) is 0 Å². The maximum atomic E-state index is 12.4. The minimum Gasteiger partial charge on any atom is -0.395 e. The molecule has 0 aliphatic heterocycles. The predicted octanol–water partition coefficient (Wildman–Crippen LogP) is 1.38. The lowest BCUT2D eigenvalue weighted by atomic mass is 10.1. The molecule has 2 aromatic rings. The second-order valence-electron chi connectivity index (χ2n) is 5.35. The van der Waals surface area contributed by atoms with Crippen LogP contribution in [0.4, 0.5) is 11.4 Å². The number of aliphatic hydroxyl groups excluding tert-OH is 1. The second-order valence-corrected chi connectivity index (χ2v) is 7.04. The summed E-state index contributed by atoms with van der Waals surface area (Å²) in [4.78, 5) is 19.8. The first-order valence-corrected chi connectivity index (χ1v) is 8.83. The largest absolute Gasteiger partial charge is 0.395 e. The molecule has 0 unspecified atom stereocenters. The van der Waals surface area contributed by atoms with Crippen molar-refractivity contribution < 1.29 is 23.4 Å². The quantitative estimate of drug-likeness (QED) is 0.517. The normalized spacial score (nSPS) is 12.5. The molecule has 138 valence electrons. The SMILES string of the molecule is O=[N+]([O-])c1ccc(C[C@H](CO)NS(=O)(=O)c2ccccc2[N+](=O)[O-])cc1. The van der Waals surface area contributed by atoms with Gasteiger partial charge in [-0.3, -0.25) is 20.2 Å². The highest BCUT2D eigenvalue weighted by atomic mass is 32.2. The molecule has 10 nitrogen and oxygen atoms in total. The number of aliphatic hydroxyl groups is 1. The van der Waals surface area contributed by atoms with E-state index in [0.29, 0.717) is 5.56 Å². The van der Waals surface area contributed by atoms with E-state index in [1.807, 2.05) is 0 Å². The molecule has 1 atom stereocenters. The molecule has 0 spiro atoms. The minimum absolute atomic E-state index is 0.0500. The van der Waals surface area contributed by atoms with Crippen LogP contribution in [0.3, 0.4) is 0 Å². The van der Waals surface area contributed by atoms with Gasteiger partial charge in [0.1, 0.15) is 0 Å². The highest BCUT2D eigenvalue weighted by molar-refractivity contribution is 7.89. The zero-order chi connectivity index (χ0) is 19.3. The van der Waals surface area contributed by atoms with Crippen LogP contribution < -0.4 is 4.72 Å². The topological polar surface area (TPSA) is 153 Å². The fourth-order valence-corrected chi connectivity index (χ4v) is 3.70. The molecule has 0 aliphatic rings. The van der Waals surface area contributed by atoms with E-state index in [2.05, 4.69) is 4.72 Å². The molecule has 2 N–H and O–H groups in total. The van der Waals surface area contributed by atoms with Crippen LogP contribution in [0.2, 0.25) is 0 Å². The summed E-state index contributed by atoms with van der Waals surface area (Å²) in [6, 6.07) is 9.32. The average molecular weight is 381 g/mol. The fraction of sp³-hybridized carbons (Fsp3) is 0.200. The van der Waals surface area contributed by atoms with Gasteiger partial charge < -0.3 is 5.11 Å². The van der Waals surface area contributed by atoms with Crippen molar-refractivity contribution in [2.45, 2.75) is 17.4 Å². The molecule has 2 rings (SSSR count). The number of benzene rings is 2. The molecule has 0 amide bonds. The lowest BCUT2D eigenvalue weighted by Crippen LogP contribution is -2.39. The highest BCUT2D eigenvalue weighted by Crippen LogP contribution is 2.23. The number of nitro groups is 2. The summed E-state index contributed by atoms with van der Waals surface area (Å²) >= 11 is 0. The highest BCUT2D eigenvalue weighted by Gasteiger charge is 2.27. The van der Waals surface area contributed by atoms with Crippen LogP contribution in [0.25, 0.3) is 0 Å². The number of hydrogen-bond donors (Lipinski definition) is 2. The van der Waals surface area contributed by atoms with E-state index in [-0.39, 0.29) is 12.1 Å². The van der Waals surface area contributed by atoms with Crippen molar-refractivity contribution in [1.82, 2.24) is 4.72 Å². The van der Waals surface area contributed by atoms with Gasteiger partial charge in [-0.25, -0.2) is 13.1 Å². The fourth-order valence-electron chi connectivity index (χ4n) is 2.30. The van der Waals surface area contributed by atoms with Crippen molar-refractivity contribution in [3.63, 3.8) is 0 Å². The number of nitro benzene ring substituents is 2. The lowest BCUT2D eigenvalue weighted by Gasteiger charge is -2.16. The van der Waals surface area contributed by atoms with Crippen molar-refractivity contribution in [3.05, 3.63) is 74.3 Å². The summed E-state index contributed by atoms with van der Waals surface area (Å²) in [7, 11) is -4.25. The van der Waals surface area contributed by atoms with E-state index in [1.165, 1.54) is 36.4 Å². The van der Waals surface area contributed by atoms with Crippen LogP contribution in [-0.4, -0.2) is 36.0 Å². The maximum Gasteiger partial charge on any atom is 0.289 e. The number of sulfonamides is 1. The zero-order valence-electron chi connectivity index (χ0n) is 13.3. The van der Waals surface area contributed by atoms with Gasteiger partial charge in [0, 0.05) is 24.2 Å². The van der Waals surface area contributed by atoms with Crippen LogP contribution in [0.1, 0.15) is 5.56 Å². The third-order valence-electron chi connectivity index (χ3n) is 3.52. The summed E-state index contributed by atoms with van der Waals surface area (Å²) < 4.78 is 27.1. The van der Waals surface area contributed by atoms with E-state index in [4.69, 9.17) is 0 Å². The molecular weight excluding hydrogens is 366 g/mol. The van der Waals surface area contributed by atoms with Gasteiger partial charge in [-0.1, -0.05) is 24.3 Å². The summed E-state index contributed by atoms with van der Waals surface area (Å²) in [6.45, 7) is -0.559. The zero-order valence-corrected chi connectivity index (χ0v) is 14.1. The van der Waals surface area contributed by atoms with E-state index in [9.17, 15) is 33.8 Å². The molecule has 0 heterocycles. The lowest BCUT2D eigenvalue weighted by molar-refractivity contribution is -0.387. The van der Waals surface area contributed by atoms with Crippen molar-refractivity contribution in [2.75, 3.05) is 6.61 Å². The van der Waals surface area contributed by atoms with Gasteiger partial charge in [0.05, 0.1) is 16.5 Å². The van der Waals surface area contributed by atoms with Crippen LogP contribution in [0.15, 0.2) is 53.4 Å². The number of nitrogens with zero attached hydrogens (tertiary/aromatic N) is 2. The number of hydrogen-bond acceptors (Lipinski definition) is 7. The van der Waals surface area contributed by atoms with Crippen LogP contribution in [0.5, 0.6) is 0 Å². The minimum atomic E-state index is -4.25. The number of non-ortho nitro benzene ring substituents is 1. The first-order chi connectivity index (χ1) is 12.2. The third-order valence-corrected chi connectivity index (χ3v) is 5.09. The van der Waals surface area contributed by atoms with Crippen molar-refractivity contribution in [3.8, 4) is 0 Å². The van der Waals surface area contributed by atoms with Gasteiger partial charge in [-0.05, 0) is 18.1 Å². The van der Waals surface area contributed by atoms with Gasteiger partial charge in [-0.2, -0.15) is 0 Å². The standard InChI is InChI=1S/C15H15N3O7S/c19-10-12(9-11-5-7-13(8-6-11)17(20)21)16-26(24,25)15-4-2-1-3-14(15)18(22)23/h1-8,12,16,19H,9-10H2/t12-/m1/s1. The summed E-state index contributed by atoms with van der Waals surface area (Å²) in [5.41, 5.74) is -0.137. The van der Waals surface area contributed by atoms with E-state index < -0.39 is 43.1 Å². The Morgan fingerprint density at radius 1 is 1.00 bits per heavy atom. The van der Waals surface area contributed by atoms with Crippen LogP contribution >= 0.6 is 0 Å². The van der Waals surface area contributed by atoms with Crippen molar-refractivity contribution >= 4 is 21.4 Å². The molecule has 2 aromatic carbocycles. The van der Waals surface area contributed by atoms with E-state index in [0.717, 1.165) is 12.1 Å². The molecule has 0 saturated heterocycles. The van der Waals surface area contributed by atoms with Gasteiger partial charge in [0.25, 0.3) is 11.4 Å². The maximum absolute atomic E-state index is 12.4. The van der Waals surface area contributed by atoms with Gasteiger partial charge in [0.15, 0.2) is 4.90 Å². The molecular formula is C15H15N3O7S. The molecule has 0 fully saturated rings. The van der Waals surface area contributed by atoms with E-state index >= 15 is 0 Å². The Kier molecular flexibility index (Phi) is 5.97. The van der Waals surface area contributed by atoms with Gasteiger partial charge >= 0.3 is 0 Å². The molecule has 0 radical (unpaired) electrons. The Bertz CT molecular complexity index is 913. The molecule has 0 aliphatic carbocycles. The number of rotatable bonds is 8. The Hall–Kier alpha value is -2.89. The molecule has 0 aromatic heterocycles. The van der Waals surface area contributed by atoms with Gasteiger partial charge in [-0.15, -0.1) is 0 Å². The molecule has 0 saturated carbocycles. The van der Waals surface area contributed by atoms with Crippen LogP contribution in [-0.2, 0) is 16.4 Å². The Morgan fingerprint density at radius 3 is 2.15 bits per heavy atom.